The molecule has 6 heteroatoms. The zero-order valence-corrected chi connectivity index (χ0v) is 21.3. The summed E-state index contributed by atoms with van der Waals surface area (Å²) in [5, 5.41) is 8.81. The second-order valence-corrected chi connectivity index (χ2v) is 10.9. The van der Waals surface area contributed by atoms with E-state index in [1.54, 1.807) is 17.6 Å². The molecule has 1 fully saturated rings. The maximum atomic E-state index is 13.7. The smallest absolute Gasteiger partial charge is 0.274 e. The normalized spacial score (nSPS) is 22.4. The number of nitrogens with zero attached hydrogens (tertiary/aromatic N) is 2. The van der Waals surface area contributed by atoms with Crippen molar-refractivity contribution in [2.45, 2.75) is 65.6 Å². The van der Waals surface area contributed by atoms with Gasteiger partial charge >= 0.3 is 0 Å². The Morgan fingerprint density at radius 2 is 1.69 bits per heavy atom. The van der Waals surface area contributed by atoms with E-state index in [-0.39, 0.29) is 18.0 Å². The third-order valence-electron chi connectivity index (χ3n) is 7.55. The van der Waals surface area contributed by atoms with Crippen LogP contribution in [-0.4, -0.2) is 52.0 Å². The lowest BCUT2D eigenvalue weighted by molar-refractivity contribution is 0.0269. The van der Waals surface area contributed by atoms with Gasteiger partial charge in [-0.3, -0.25) is 19.7 Å². The summed E-state index contributed by atoms with van der Waals surface area (Å²) >= 11 is 0. The molecule has 1 heterocycles. The molecule has 1 aliphatic carbocycles. The van der Waals surface area contributed by atoms with E-state index >= 15 is 0 Å². The molecule has 1 aliphatic heterocycles. The van der Waals surface area contributed by atoms with Crippen molar-refractivity contribution in [3.05, 3.63) is 76.9 Å². The maximum Gasteiger partial charge on any atom is 0.274 e. The van der Waals surface area contributed by atoms with Crippen molar-refractivity contribution < 1.29 is 14.8 Å². The number of hydrogen-bond donors (Lipinski definition) is 2. The Kier molecular flexibility index (Phi) is 7.43. The number of benzene rings is 2. The minimum absolute atomic E-state index is 0.115. The average molecular weight is 476 g/mol. The lowest BCUT2D eigenvalue weighted by atomic mass is 9.76. The lowest BCUT2D eigenvalue weighted by Crippen LogP contribution is -2.57. The minimum atomic E-state index is -0.515. The van der Waals surface area contributed by atoms with Crippen LogP contribution < -0.4 is 5.48 Å². The van der Waals surface area contributed by atoms with E-state index in [4.69, 9.17) is 5.21 Å². The number of hydroxylamine groups is 1. The van der Waals surface area contributed by atoms with Crippen LogP contribution in [0.2, 0.25) is 0 Å². The number of carbonyl (C=O) groups excluding carboxylic acids is 2. The summed E-state index contributed by atoms with van der Waals surface area (Å²) in [5.74, 6) is -0.401. The Bertz CT molecular complexity index is 1090. The SMILES string of the molecule is CC1CN(C(=O)c2ccccc2C2=CCC(C)(C)CC2)C[C@@H](C)N1Cc1ccc(C(=O)NO)cc1. The predicted molar refractivity (Wildman–Crippen MR) is 138 cm³/mol. The molecule has 35 heavy (non-hydrogen) atoms. The Labute approximate surface area is 208 Å². The van der Waals surface area contributed by atoms with Gasteiger partial charge < -0.3 is 4.90 Å². The van der Waals surface area contributed by atoms with Crippen LogP contribution in [0.5, 0.6) is 0 Å². The zero-order valence-electron chi connectivity index (χ0n) is 21.3. The van der Waals surface area contributed by atoms with Crippen LogP contribution in [0.15, 0.2) is 54.6 Å². The molecule has 0 aromatic heterocycles. The van der Waals surface area contributed by atoms with E-state index in [2.05, 4.69) is 44.7 Å². The first-order chi connectivity index (χ1) is 16.7. The monoisotopic (exact) mass is 475 g/mol. The molecule has 186 valence electrons. The third kappa shape index (κ3) is 5.65. The van der Waals surface area contributed by atoms with Crippen molar-refractivity contribution in [3.8, 4) is 0 Å². The zero-order chi connectivity index (χ0) is 25.2. The molecule has 2 aromatic carbocycles. The van der Waals surface area contributed by atoms with Crippen LogP contribution in [0.25, 0.3) is 5.57 Å². The first kappa shape index (κ1) is 25.1. The highest BCUT2D eigenvalue weighted by atomic mass is 16.5. The highest BCUT2D eigenvalue weighted by Gasteiger charge is 2.33. The molecule has 0 bridgehead atoms. The lowest BCUT2D eigenvalue weighted by Gasteiger charge is -2.44. The van der Waals surface area contributed by atoms with Crippen molar-refractivity contribution in [2.75, 3.05) is 13.1 Å². The van der Waals surface area contributed by atoms with Crippen LogP contribution in [0.1, 0.15) is 78.8 Å². The van der Waals surface area contributed by atoms with Crippen molar-refractivity contribution in [1.82, 2.24) is 15.3 Å². The van der Waals surface area contributed by atoms with Gasteiger partial charge in [-0.15, -0.1) is 0 Å². The second kappa shape index (κ2) is 10.3. The predicted octanol–water partition coefficient (Wildman–Crippen LogP) is 5.13. The number of piperazine rings is 1. The molecule has 1 saturated heterocycles. The second-order valence-electron chi connectivity index (χ2n) is 10.9. The van der Waals surface area contributed by atoms with E-state index in [1.165, 1.54) is 5.57 Å². The molecule has 0 radical (unpaired) electrons. The Hall–Kier alpha value is -2.96. The summed E-state index contributed by atoms with van der Waals surface area (Å²) in [4.78, 5) is 29.7. The molecule has 2 amide bonds. The van der Waals surface area contributed by atoms with Gasteiger partial charge in [0.2, 0.25) is 0 Å². The molecule has 6 nitrogen and oxygen atoms in total. The summed E-state index contributed by atoms with van der Waals surface area (Å²) in [5.41, 5.74) is 6.70. The van der Waals surface area contributed by atoms with Crippen LogP contribution in [0, 0.1) is 5.41 Å². The van der Waals surface area contributed by atoms with Gasteiger partial charge in [-0.25, -0.2) is 5.48 Å². The first-order valence-corrected chi connectivity index (χ1v) is 12.6. The van der Waals surface area contributed by atoms with Gasteiger partial charge in [-0.2, -0.15) is 0 Å². The summed E-state index contributed by atoms with van der Waals surface area (Å²) in [6.45, 7) is 11.0. The Morgan fingerprint density at radius 1 is 1.03 bits per heavy atom. The Balaban J connectivity index is 1.46. The van der Waals surface area contributed by atoms with E-state index in [9.17, 15) is 9.59 Å². The van der Waals surface area contributed by atoms with Gasteiger partial charge in [0.05, 0.1) is 0 Å². The quantitative estimate of drug-likeness (QED) is 0.464. The third-order valence-corrected chi connectivity index (χ3v) is 7.55. The minimum Gasteiger partial charge on any atom is -0.336 e. The van der Waals surface area contributed by atoms with Crippen molar-refractivity contribution >= 4 is 17.4 Å². The van der Waals surface area contributed by atoms with E-state index < -0.39 is 5.91 Å². The fourth-order valence-electron chi connectivity index (χ4n) is 5.31. The first-order valence-electron chi connectivity index (χ1n) is 12.6. The average Bonchev–Trinajstić information content (AvgIpc) is 2.85. The fraction of sp³-hybridized carbons (Fsp3) is 0.448. The van der Waals surface area contributed by atoms with E-state index in [0.717, 1.165) is 42.5 Å². The van der Waals surface area contributed by atoms with Crippen LogP contribution in [-0.2, 0) is 6.54 Å². The van der Waals surface area contributed by atoms with Gasteiger partial charge in [0, 0.05) is 42.8 Å². The molecule has 2 atom stereocenters. The summed E-state index contributed by atoms with van der Waals surface area (Å²) in [6.07, 6.45) is 5.52. The van der Waals surface area contributed by atoms with E-state index in [1.807, 2.05) is 35.2 Å². The highest BCUT2D eigenvalue weighted by Crippen LogP contribution is 2.39. The molecule has 2 aliphatic rings. The van der Waals surface area contributed by atoms with Crippen molar-refractivity contribution in [3.63, 3.8) is 0 Å². The molecule has 2 aromatic rings. The summed E-state index contributed by atoms with van der Waals surface area (Å²) < 4.78 is 0. The molecule has 2 N–H and O–H groups in total. The van der Waals surface area contributed by atoms with Gasteiger partial charge in [0.1, 0.15) is 0 Å². The summed E-state index contributed by atoms with van der Waals surface area (Å²) in [7, 11) is 0. The molecule has 4 rings (SSSR count). The van der Waals surface area contributed by atoms with Crippen LogP contribution >= 0.6 is 0 Å². The number of carbonyl (C=O) groups is 2. The summed E-state index contributed by atoms with van der Waals surface area (Å²) in [6, 6.07) is 15.7. The number of amides is 2. The van der Waals surface area contributed by atoms with Crippen LogP contribution in [0.4, 0.5) is 0 Å². The maximum absolute atomic E-state index is 13.7. The Morgan fingerprint density at radius 3 is 2.29 bits per heavy atom. The molecular weight excluding hydrogens is 438 g/mol. The van der Waals surface area contributed by atoms with Gasteiger partial charge in [0.25, 0.3) is 11.8 Å². The largest absolute Gasteiger partial charge is 0.336 e. The highest BCUT2D eigenvalue weighted by molar-refractivity contribution is 5.99. The number of hydrogen-bond acceptors (Lipinski definition) is 4. The molecule has 0 spiro atoms. The van der Waals surface area contributed by atoms with Gasteiger partial charge in [-0.1, -0.05) is 50.3 Å². The standard InChI is InChI=1S/C29H37N3O3/c1-20-17-31(18-21(2)32(20)19-22-9-11-24(12-10-22)27(33)30-35)28(34)26-8-6-5-7-25(26)23-13-15-29(3,4)16-14-23/h5-13,20-21,35H,14-19H2,1-4H3,(H,30,33)/t20-,21?/m1/s1. The fourth-order valence-corrected chi connectivity index (χ4v) is 5.31. The number of rotatable bonds is 5. The number of allylic oxidation sites excluding steroid dienone is 2. The van der Waals surface area contributed by atoms with Crippen molar-refractivity contribution in [2.24, 2.45) is 5.41 Å². The van der Waals surface area contributed by atoms with Crippen molar-refractivity contribution in [1.29, 1.82) is 0 Å². The molecular formula is C29H37N3O3. The van der Waals surface area contributed by atoms with Gasteiger partial charge in [-0.05, 0) is 73.4 Å². The molecule has 0 saturated carbocycles. The topological polar surface area (TPSA) is 72.9 Å². The van der Waals surface area contributed by atoms with E-state index in [0.29, 0.717) is 24.1 Å². The van der Waals surface area contributed by atoms with Crippen LogP contribution in [0.3, 0.4) is 0 Å². The molecule has 1 unspecified atom stereocenters. The van der Waals surface area contributed by atoms with Gasteiger partial charge in [0.15, 0.2) is 0 Å². The number of nitrogens with one attached hydrogen (secondary N) is 1.